The number of aryl methyl sites for hydroxylation is 1. The molecule has 158 valence electrons. The Balaban J connectivity index is 2.02. The highest BCUT2D eigenvalue weighted by atomic mass is 35.5. The van der Waals surface area contributed by atoms with Crippen molar-refractivity contribution in [3.63, 3.8) is 0 Å². The molecule has 2 aromatic rings. The molecule has 1 heterocycles. The summed E-state index contributed by atoms with van der Waals surface area (Å²) in [5, 5.41) is 0.453. The average Bonchev–Trinajstić information content (AvgIpc) is 2.74. The van der Waals surface area contributed by atoms with Crippen LogP contribution in [0.2, 0.25) is 5.02 Å². The molecule has 0 aliphatic heterocycles. The first kappa shape index (κ1) is 22.0. The van der Waals surface area contributed by atoms with Gasteiger partial charge in [-0.2, -0.15) is 0 Å². The highest BCUT2D eigenvalue weighted by Crippen LogP contribution is 2.42. The lowest BCUT2D eigenvalue weighted by Crippen LogP contribution is -2.54. The topological polar surface area (TPSA) is 76.6 Å². The molecule has 1 saturated carbocycles. The van der Waals surface area contributed by atoms with E-state index in [9.17, 15) is 14.4 Å². The number of Topliss-reactive ketones (excluding diaryl/α,β-unsaturated/α-hetero) is 1. The Bertz CT molecular complexity index is 991. The first-order valence-electron chi connectivity index (χ1n) is 10.0. The first-order chi connectivity index (χ1) is 14.3. The van der Waals surface area contributed by atoms with Crippen molar-refractivity contribution in [1.82, 2.24) is 9.88 Å². The van der Waals surface area contributed by atoms with Crippen molar-refractivity contribution in [3.05, 3.63) is 63.9 Å². The minimum atomic E-state index is -1.14. The number of esters is 1. The molecule has 1 aromatic heterocycles. The Morgan fingerprint density at radius 1 is 1.20 bits per heavy atom. The highest BCUT2D eigenvalue weighted by molar-refractivity contribution is 6.31. The third kappa shape index (κ3) is 3.84. The van der Waals surface area contributed by atoms with Gasteiger partial charge in [-0.3, -0.25) is 9.59 Å². The molecule has 3 rings (SSSR count). The number of aromatic nitrogens is 1. The van der Waals surface area contributed by atoms with Crippen molar-refractivity contribution < 1.29 is 19.1 Å². The fraction of sp³-hybridized carbons (Fsp3) is 0.391. The average molecular weight is 429 g/mol. The molecule has 0 bridgehead atoms. The fourth-order valence-electron chi connectivity index (χ4n) is 4.08. The summed E-state index contributed by atoms with van der Waals surface area (Å²) < 4.78 is 5.02. The molecule has 0 saturated heterocycles. The normalized spacial score (nSPS) is 18.7. The number of benzene rings is 1. The Kier molecular flexibility index (Phi) is 6.56. The predicted molar refractivity (Wildman–Crippen MR) is 114 cm³/mol. The summed E-state index contributed by atoms with van der Waals surface area (Å²) in [6, 6.07) is 10.2. The van der Waals surface area contributed by atoms with Gasteiger partial charge < -0.3 is 9.64 Å². The van der Waals surface area contributed by atoms with Gasteiger partial charge in [0.2, 0.25) is 0 Å². The summed E-state index contributed by atoms with van der Waals surface area (Å²) in [6.07, 6.45) is 2.48. The second kappa shape index (κ2) is 8.96. The lowest BCUT2D eigenvalue weighted by atomic mass is 9.74. The maximum Gasteiger partial charge on any atom is 0.339 e. The standard InChI is InChI=1S/C23H25ClN2O4/c1-4-30-22(29)16-12-13-19(25-15(16)2)21(28)26(3)23(14-8-7-11-20(23)27)17-9-5-6-10-18(17)24/h5-6,9-10,12-13H,4,7-8,11,14H2,1-3H3. The third-order valence-corrected chi connectivity index (χ3v) is 5.98. The molecule has 30 heavy (non-hydrogen) atoms. The van der Waals surface area contributed by atoms with Crippen LogP contribution in [0.25, 0.3) is 0 Å². The monoisotopic (exact) mass is 428 g/mol. The molecule has 1 atom stereocenters. The van der Waals surface area contributed by atoms with Crippen molar-refractivity contribution in [3.8, 4) is 0 Å². The number of hydrogen-bond donors (Lipinski definition) is 0. The number of ether oxygens (including phenoxy) is 1. The van der Waals surface area contributed by atoms with Crippen LogP contribution in [0.5, 0.6) is 0 Å². The summed E-state index contributed by atoms with van der Waals surface area (Å²) in [6.45, 7) is 3.63. The minimum Gasteiger partial charge on any atom is -0.462 e. The molecule has 1 amide bonds. The second-order valence-electron chi connectivity index (χ2n) is 7.38. The molecule has 6 nitrogen and oxygen atoms in total. The summed E-state index contributed by atoms with van der Waals surface area (Å²) in [5.41, 5.74) is 0.364. The Hall–Kier alpha value is -2.73. The van der Waals surface area contributed by atoms with E-state index in [1.807, 2.05) is 6.07 Å². The summed E-state index contributed by atoms with van der Waals surface area (Å²) >= 11 is 6.46. The number of amides is 1. The number of carbonyl (C=O) groups is 3. The van der Waals surface area contributed by atoms with E-state index < -0.39 is 17.4 Å². The fourth-order valence-corrected chi connectivity index (χ4v) is 4.37. The largest absolute Gasteiger partial charge is 0.462 e. The van der Waals surface area contributed by atoms with Crippen molar-refractivity contribution in [2.24, 2.45) is 0 Å². The number of carbonyl (C=O) groups excluding carboxylic acids is 3. The lowest BCUT2D eigenvalue weighted by molar-refractivity contribution is -0.132. The van der Waals surface area contributed by atoms with Crippen LogP contribution in [-0.4, -0.2) is 41.2 Å². The number of halogens is 1. The van der Waals surface area contributed by atoms with Gasteiger partial charge in [0.15, 0.2) is 5.78 Å². The van der Waals surface area contributed by atoms with Gasteiger partial charge in [-0.05, 0) is 51.3 Å². The van der Waals surface area contributed by atoms with E-state index in [4.69, 9.17) is 16.3 Å². The summed E-state index contributed by atoms with van der Waals surface area (Å²) in [7, 11) is 1.62. The van der Waals surface area contributed by atoms with Crippen molar-refractivity contribution >= 4 is 29.3 Å². The van der Waals surface area contributed by atoms with Crippen LogP contribution >= 0.6 is 11.6 Å². The number of ketones is 1. The molecule has 7 heteroatoms. The van der Waals surface area contributed by atoms with Crippen LogP contribution < -0.4 is 0 Å². The summed E-state index contributed by atoms with van der Waals surface area (Å²) in [4.78, 5) is 44.4. The highest BCUT2D eigenvalue weighted by Gasteiger charge is 2.48. The van der Waals surface area contributed by atoms with Crippen LogP contribution in [0.3, 0.4) is 0 Å². The van der Waals surface area contributed by atoms with Crippen LogP contribution in [0.1, 0.15) is 64.7 Å². The first-order valence-corrected chi connectivity index (χ1v) is 10.4. The molecule has 1 aromatic carbocycles. The van der Waals surface area contributed by atoms with E-state index >= 15 is 0 Å². The van der Waals surface area contributed by atoms with Crippen LogP contribution in [-0.2, 0) is 15.1 Å². The quantitative estimate of drug-likeness (QED) is 0.662. The molecule has 0 radical (unpaired) electrons. The zero-order valence-electron chi connectivity index (χ0n) is 17.4. The molecule has 0 N–H and O–H groups in total. The van der Waals surface area contributed by atoms with Crippen LogP contribution in [0.15, 0.2) is 36.4 Å². The smallest absolute Gasteiger partial charge is 0.339 e. The molecule has 1 fully saturated rings. The summed E-state index contributed by atoms with van der Waals surface area (Å²) in [5.74, 6) is -0.911. The molecular formula is C23H25ClN2O4. The SMILES string of the molecule is CCOC(=O)c1ccc(C(=O)N(C)C2(c3ccccc3Cl)CCCCC2=O)nc1C. The van der Waals surface area contributed by atoms with E-state index in [0.717, 1.165) is 12.8 Å². The van der Waals surface area contributed by atoms with E-state index in [-0.39, 0.29) is 18.1 Å². The molecule has 1 aliphatic rings. The molecule has 0 spiro atoms. The minimum absolute atomic E-state index is 0.0300. The van der Waals surface area contributed by atoms with Crippen LogP contribution in [0.4, 0.5) is 0 Å². The van der Waals surface area contributed by atoms with Gasteiger partial charge in [0.25, 0.3) is 5.91 Å². The van der Waals surface area contributed by atoms with Gasteiger partial charge in [0, 0.05) is 24.1 Å². The number of nitrogens with zero attached hydrogens (tertiary/aromatic N) is 2. The molecule has 1 unspecified atom stereocenters. The van der Waals surface area contributed by atoms with Crippen molar-refractivity contribution in [2.75, 3.05) is 13.7 Å². The number of rotatable bonds is 5. The van der Waals surface area contributed by atoms with Crippen molar-refractivity contribution in [1.29, 1.82) is 0 Å². The number of pyridine rings is 1. The van der Waals surface area contributed by atoms with E-state index in [2.05, 4.69) is 4.98 Å². The molecule has 1 aliphatic carbocycles. The van der Waals surface area contributed by atoms with E-state index in [1.54, 1.807) is 39.1 Å². The van der Waals surface area contributed by atoms with Crippen LogP contribution in [0, 0.1) is 6.92 Å². The number of hydrogen-bond acceptors (Lipinski definition) is 5. The van der Waals surface area contributed by atoms with Crippen molar-refractivity contribution in [2.45, 2.75) is 45.1 Å². The zero-order chi connectivity index (χ0) is 21.9. The van der Waals surface area contributed by atoms with Gasteiger partial charge in [-0.1, -0.05) is 29.8 Å². The van der Waals surface area contributed by atoms with Gasteiger partial charge >= 0.3 is 5.97 Å². The maximum absolute atomic E-state index is 13.4. The zero-order valence-corrected chi connectivity index (χ0v) is 18.2. The van der Waals surface area contributed by atoms with Gasteiger partial charge in [-0.25, -0.2) is 9.78 Å². The Labute approximate surface area is 181 Å². The van der Waals surface area contributed by atoms with E-state index in [1.165, 1.54) is 17.0 Å². The number of likely N-dealkylation sites (N-methyl/N-ethyl adjacent to an activating group) is 1. The van der Waals surface area contributed by atoms with Gasteiger partial charge in [0.05, 0.1) is 17.9 Å². The Morgan fingerprint density at radius 2 is 1.93 bits per heavy atom. The molecular weight excluding hydrogens is 404 g/mol. The predicted octanol–water partition coefficient (Wildman–Crippen LogP) is 4.33. The second-order valence-corrected chi connectivity index (χ2v) is 7.79. The van der Waals surface area contributed by atoms with Gasteiger partial charge in [0.1, 0.15) is 11.2 Å². The lowest BCUT2D eigenvalue weighted by Gasteiger charge is -2.43. The van der Waals surface area contributed by atoms with E-state index in [0.29, 0.717) is 34.7 Å². The third-order valence-electron chi connectivity index (χ3n) is 5.65. The van der Waals surface area contributed by atoms with Gasteiger partial charge in [-0.15, -0.1) is 0 Å². The maximum atomic E-state index is 13.4. The Morgan fingerprint density at radius 3 is 2.57 bits per heavy atom.